The Kier molecular flexibility index (Phi) is 5.87. The van der Waals surface area contributed by atoms with E-state index in [2.05, 4.69) is 6.58 Å². The molecule has 0 aromatic heterocycles. The van der Waals surface area contributed by atoms with Crippen LogP contribution in [0.15, 0.2) is 73.3 Å². The van der Waals surface area contributed by atoms with Crippen molar-refractivity contribution in [3.8, 4) is 0 Å². The summed E-state index contributed by atoms with van der Waals surface area (Å²) in [7, 11) is 0. The Hall–Kier alpha value is -2.68. The van der Waals surface area contributed by atoms with Gasteiger partial charge in [-0.1, -0.05) is 55.8 Å². The molecule has 3 nitrogen and oxygen atoms in total. The first kappa shape index (κ1) is 16.7. The van der Waals surface area contributed by atoms with E-state index in [1.165, 1.54) is 4.90 Å². The van der Waals surface area contributed by atoms with Crippen molar-refractivity contribution >= 4 is 11.8 Å². The van der Waals surface area contributed by atoms with Crippen LogP contribution in [0.3, 0.4) is 0 Å². The standard InChI is InChI=1S/C20H21NO2/c1-3-11-18(4-2)21(19(22)16-12-7-5-8-13-16)20(23)17-14-9-6-10-15-17/h4-10,12-15,18H,2-3,11H2,1H3. The van der Waals surface area contributed by atoms with Gasteiger partial charge >= 0.3 is 0 Å². The van der Waals surface area contributed by atoms with Crippen LogP contribution >= 0.6 is 0 Å². The fraction of sp³-hybridized carbons (Fsp3) is 0.200. The number of benzene rings is 2. The average molecular weight is 307 g/mol. The molecule has 1 unspecified atom stereocenters. The van der Waals surface area contributed by atoms with E-state index in [9.17, 15) is 9.59 Å². The van der Waals surface area contributed by atoms with E-state index in [1.807, 2.05) is 19.1 Å². The van der Waals surface area contributed by atoms with Gasteiger partial charge in [-0.25, -0.2) is 0 Å². The summed E-state index contributed by atoms with van der Waals surface area (Å²) in [4.78, 5) is 27.1. The second kappa shape index (κ2) is 8.08. The summed E-state index contributed by atoms with van der Waals surface area (Å²) >= 11 is 0. The summed E-state index contributed by atoms with van der Waals surface area (Å²) in [5.74, 6) is -0.587. The third-order valence-corrected chi connectivity index (χ3v) is 3.67. The number of hydrogen-bond donors (Lipinski definition) is 0. The number of amides is 2. The summed E-state index contributed by atoms with van der Waals surface area (Å²) in [6.07, 6.45) is 3.23. The highest BCUT2D eigenvalue weighted by Crippen LogP contribution is 2.17. The smallest absolute Gasteiger partial charge is 0.261 e. The van der Waals surface area contributed by atoms with E-state index >= 15 is 0 Å². The molecule has 0 bridgehead atoms. The predicted molar refractivity (Wildman–Crippen MR) is 92.3 cm³/mol. The van der Waals surface area contributed by atoms with E-state index in [4.69, 9.17) is 0 Å². The van der Waals surface area contributed by atoms with Crippen molar-refractivity contribution in [2.24, 2.45) is 0 Å². The molecule has 23 heavy (non-hydrogen) atoms. The Morgan fingerprint density at radius 2 is 1.39 bits per heavy atom. The molecular formula is C20H21NO2. The molecule has 3 heteroatoms. The zero-order valence-corrected chi connectivity index (χ0v) is 13.3. The first-order valence-corrected chi connectivity index (χ1v) is 7.79. The molecule has 0 aliphatic heterocycles. The van der Waals surface area contributed by atoms with Gasteiger partial charge in [0.25, 0.3) is 11.8 Å². The number of carbonyl (C=O) groups excluding carboxylic acids is 2. The van der Waals surface area contributed by atoms with Gasteiger partial charge in [-0.2, -0.15) is 0 Å². The molecule has 2 rings (SSSR count). The van der Waals surface area contributed by atoms with Gasteiger partial charge in [-0.15, -0.1) is 6.58 Å². The van der Waals surface area contributed by atoms with Crippen LogP contribution in [-0.2, 0) is 0 Å². The zero-order chi connectivity index (χ0) is 16.7. The first-order chi connectivity index (χ1) is 11.2. The van der Waals surface area contributed by atoms with Crippen molar-refractivity contribution in [1.82, 2.24) is 4.90 Å². The minimum atomic E-state index is -0.319. The number of rotatable bonds is 6. The topological polar surface area (TPSA) is 37.4 Å². The molecule has 0 N–H and O–H groups in total. The Bertz CT molecular complexity index is 613. The fourth-order valence-corrected chi connectivity index (χ4v) is 2.48. The summed E-state index contributed by atoms with van der Waals surface area (Å²) in [5.41, 5.74) is 1.000. The summed E-state index contributed by atoms with van der Waals surface area (Å²) in [6.45, 7) is 5.83. The molecular weight excluding hydrogens is 286 g/mol. The van der Waals surface area contributed by atoms with Crippen LogP contribution in [0.4, 0.5) is 0 Å². The van der Waals surface area contributed by atoms with Crippen molar-refractivity contribution in [1.29, 1.82) is 0 Å². The lowest BCUT2D eigenvalue weighted by Crippen LogP contribution is -2.43. The van der Waals surface area contributed by atoms with Gasteiger partial charge in [0.2, 0.25) is 0 Å². The van der Waals surface area contributed by atoms with Crippen LogP contribution in [0.1, 0.15) is 40.5 Å². The van der Waals surface area contributed by atoms with Gasteiger partial charge < -0.3 is 0 Å². The van der Waals surface area contributed by atoms with E-state index in [0.29, 0.717) is 17.5 Å². The maximum Gasteiger partial charge on any atom is 0.261 e. The van der Waals surface area contributed by atoms with Crippen LogP contribution in [-0.4, -0.2) is 22.8 Å². The minimum absolute atomic E-state index is 0.294. The van der Waals surface area contributed by atoms with Gasteiger partial charge in [0.15, 0.2) is 0 Å². The second-order valence-electron chi connectivity index (χ2n) is 5.30. The maximum absolute atomic E-state index is 12.9. The number of nitrogens with zero attached hydrogens (tertiary/aromatic N) is 1. The number of carbonyl (C=O) groups is 2. The summed E-state index contributed by atoms with van der Waals surface area (Å²) in [6, 6.07) is 17.4. The van der Waals surface area contributed by atoms with Crippen molar-refractivity contribution in [2.75, 3.05) is 0 Å². The van der Waals surface area contributed by atoms with E-state index in [-0.39, 0.29) is 17.9 Å². The highest BCUT2D eigenvalue weighted by atomic mass is 16.2. The lowest BCUT2D eigenvalue weighted by molar-refractivity contribution is 0.0569. The molecule has 118 valence electrons. The largest absolute Gasteiger partial charge is 0.269 e. The van der Waals surface area contributed by atoms with Crippen LogP contribution in [0.25, 0.3) is 0 Å². The molecule has 1 atom stereocenters. The van der Waals surface area contributed by atoms with E-state index in [0.717, 1.165) is 6.42 Å². The zero-order valence-electron chi connectivity index (χ0n) is 13.3. The summed E-state index contributed by atoms with van der Waals surface area (Å²) < 4.78 is 0. The normalized spacial score (nSPS) is 11.5. The van der Waals surface area contributed by atoms with Gasteiger partial charge in [-0.3, -0.25) is 14.5 Å². The minimum Gasteiger partial charge on any atom is -0.269 e. The monoisotopic (exact) mass is 307 g/mol. The Balaban J connectivity index is 2.41. The Morgan fingerprint density at radius 3 is 1.74 bits per heavy atom. The number of imide groups is 1. The van der Waals surface area contributed by atoms with Crippen LogP contribution < -0.4 is 0 Å². The highest BCUT2D eigenvalue weighted by Gasteiger charge is 2.29. The average Bonchev–Trinajstić information content (AvgIpc) is 2.62. The van der Waals surface area contributed by atoms with E-state index in [1.54, 1.807) is 54.6 Å². The van der Waals surface area contributed by atoms with Crippen molar-refractivity contribution in [3.05, 3.63) is 84.4 Å². The lowest BCUT2D eigenvalue weighted by atomic mass is 10.1. The molecule has 0 aliphatic rings. The molecule has 2 aromatic rings. The highest BCUT2D eigenvalue weighted by molar-refractivity contribution is 6.10. The van der Waals surface area contributed by atoms with Crippen LogP contribution in [0, 0.1) is 0 Å². The molecule has 0 aliphatic carbocycles. The first-order valence-electron chi connectivity index (χ1n) is 7.79. The molecule has 0 fully saturated rings. The van der Waals surface area contributed by atoms with Crippen molar-refractivity contribution in [2.45, 2.75) is 25.8 Å². The third kappa shape index (κ3) is 3.95. The predicted octanol–water partition coefficient (Wildman–Crippen LogP) is 4.32. The molecule has 0 saturated carbocycles. The van der Waals surface area contributed by atoms with Gasteiger partial charge in [-0.05, 0) is 30.7 Å². The Morgan fingerprint density at radius 1 is 0.957 bits per heavy atom. The van der Waals surface area contributed by atoms with E-state index < -0.39 is 0 Å². The molecule has 0 saturated heterocycles. The fourth-order valence-electron chi connectivity index (χ4n) is 2.48. The SMILES string of the molecule is C=CC(CCC)N(C(=O)c1ccccc1)C(=O)c1ccccc1. The quantitative estimate of drug-likeness (QED) is 0.588. The molecule has 2 amide bonds. The third-order valence-electron chi connectivity index (χ3n) is 3.67. The molecule has 2 aromatic carbocycles. The van der Waals surface area contributed by atoms with Crippen LogP contribution in [0.5, 0.6) is 0 Å². The van der Waals surface area contributed by atoms with Crippen LogP contribution in [0.2, 0.25) is 0 Å². The Labute approximate surface area is 137 Å². The lowest BCUT2D eigenvalue weighted by Gasteiger charge is -2.28. The van der Waals surface area contributed by atoms with Crippen molar-refractivity contribution in [3.63, 3.8) is 0 Å². The maximum atomic E-state index is 12.9. The molecule has 0 radical (unpaired) electrons. The number of hydrogen-bond acceptors (Lipinski definition) is 2. The molecule has 0 heterocycles. The second-order valence-corrected chi connectivity index (χ2v) is 5.30. The van der Waals surface area contributed by atoms with Gasteiger partial charge in [0, 0.05) is 11.1 Å². The van der Waals surface area contributed by atoms with Gasteiger partial charge in [0.1, 0.15) is 0 Å². The van der Waals surface area contributed by atoms with Gasteiger partial charge in [0.05, 0.1) is 6.04 Å². The molecule has 0 spiro atoms. The van der Waals surface area contributed by atoms with Crippen molar-refractivity contribution < 1.29 is 9.59 Å². The summed E-state index contributed by atoms with van der Waals surface area (Å²) in [5, 5.41) is 0.